The number of carbonyl (C=O) groups is 1. The van der Waals surface area contributed by atoms with Crippen molar-refractivity contribution < 1.29 is 13.6 Å². The molecule has 0 bridgehead atoms. The summed E-state index contributed by atoms with van der Waals surface area (Å²) in [5, 5.41) is 11.8. The molecule has 0 saturated heterocycles. The van der Waals surface area contributed by atoms with Crippen LogP contribution in [0.1, 0.15) is 5.76 Å². The van der Waals surface area contributed by atoms with E-state index in [1.165, 1.54) is 30.0 Å². The second-order valence-electron chi connectivity index (χ2n) is 6.30. The number of hydrogen-bond acceptors (Lipinski definition) is 5. The smallest absolute Gasteiger partial charge is 0.234 e. The van der Waals surface area contributed by atoms with Crippen molar-refractivity contribution in [2.45, 2.75) is 11.7 Å². The molecule has 152 valence electrons. The monoisotopic (exact) mass is 442 g/mol. The van der Waals surface area contributed by atoms with Crippen LogP contribution in [0, 0.1) is 5.82 Å². The first kappa shape index (κ1) is 20.2. The number of thioether (sulfide) groups is 1. The zero-order valence-corrected chi connectivity index (χ0v) is 17.2. The maximum Gasteiger partial charge on any atom is 0.234 e. The van der Waals surface area contributed by atoms with Crippen LogP contribution in [0.4, 0.5) is 10.1 Å². The number of amides is 1. The normalized spacial score (nSPS) is 10.9. The van der Waals surface area contributed by atoms with Crippen molar-refractivity contribution >= 4 is 35.0 Å². The minimum Gasteiger partial charge on any atom is -0.467 e. The van der Waals surface area contributed by atoms with E-state index in [9.17, 15) is 9.18 Å². The van der Waals surface area contributed by atoms with Gasteiger partial charge in [-0.05, 0) is 30.3 Å². The first-order valence-electron chi connectivity index (χ1n) is 8.99. The van der Waals surface area contributed by atoms with E-state index in [1.807, 2.05) is 47.0 Å². The Kier molecular flexibility index (Phi) is 6.15. The largest absolute Gasteiger partial charge is 0.467 e. The Morgan fingerprint density at radius 3 is 2.70 bits per heavy atom. The summed E-state index contributed by atoms with van der Waals surface area (Å²) in [6.07, 6.45) is 1.61. The van der Waals surface area contributed by atoms with Gasteiger partial charge in [0.2, 0.25) is 5.91 Å². The van der Waals surface area contributed by atoms with Crippen LogP contribution in [0.5, 0.6) is 0 Å². The minimum atomic E-state index is -0.538. The number of carbonyl (C=O) groups excluding carboxylic acids is 1. The number of furan rings is 1. The second-order valence-corrected chi connectivity index (χ2v) is 7.65. The lowest BCUT2D eigenvalue weighted by Gasteiger charge is -2.09. The summed E-state index contributed by atoms with van der Waals surface area (Å²) in [5.41, 5.74) is 1.34. The van der Waals surface area contributed by atoms with E-state index < -0.39 is 5.82 Å². The molecule has 9 heteroatoms. The molecule has 0 fully saturated rings. The van der Waals surface area contributed by atoms with Gasteiger partial charge in [0.15, 0.2) is 11.0 Å². The molecular weight excluding hydrogens is 427 g/mol. The van der Waals surface area contributed by atoms with Crippen LogP contribution in [0.15, 0.2) is 76.5 Å². The number of anilines is 1. The molecule has 2 heterocycles. The molecule has 30 heavy (non-hydrogen) atoms. The van der Waals surface area contributed by atoms with E-state index in [4.69, 9.17) is 16.0 Å². The molecule has 4 rings (SSSR count). The van der Waals surface area contributed by atoms with Crippen molar-refractivity contribution in [3.8, 4) is 11.4 Å². The molecule has 1 amide bonds. The summed E-state index contributed by atoms with van der Waals surface area (Å²) in [6, 6.07) is 17.4. The Bertz CT molecular complexity index is 1150. The fourth-order valence-corrected chi connectivity index (χ4v) is 3.72. The highest BCUT2D eigenvalue weighted by atomic mass is 35.5. The fraction of sp³-hybridized carbons (Fsp3) is 0.0952. The highest BCUT2D eigenvalue weighted by Gasteiger charge is 2.17. The predicted molar refractivity (Wildman–Crippen MR) is 114 cm³/mol. The number of nitrogens with zero attached hydrogens (tertiary/aromatic N) is 3. The van der Waals surface area contributed by atoms with Crippen LogP contribution in [0.3, 0.4) is 0 Å². The Hall–Kier alpha value is -3.10. The molecule has 4 aromatic rings. The van der Waals surface area contributed by atoms with Gasteiger partial charge in [-0.2, -0.15) is 0 Å². The fourth-order valence-electron chi connectivity index (χ4n) is 2.80. The molecule has 1 N–H and O–H groups in total. The van der Waals surface area contributed by atoms with E-state index in [1.54, 1.807) is 6.26 Å². The highest BCUT2D eigenvalue weighted by Crippen LogP contribution is 2.26. The molecule has 0 aliphatic rings. The van der Waals surface area contributed by atoms with Gasteiger partial charge in [-0.3, -0.25) is 9.36 Å². The molecule has 0 aliphatic heterocycles. The summed E-state index contributed by atoms with van der Waals surface area (Å²) in [6.45, 7) is 0.432. The number of nitrogens with one attached hydrogen (secondary N) is 1. The zero-order valence-electron chi connectivity index (χ0n) is 15.6. The molecular formula is C21H16ClFN4O2S. The van der Waals surface area contributed by atoms with Gasteiger partial charge in [0, 0.05) is 11.3 Å². The number of benzene rings is 2. The zero-order chi connectivity index (χ0) is 20.9. The van der Waals surface area contributed by atoms with Gasteiger partial charge in [0.1, 0.15) is 11.6 Å². The highest BCUT2D eigenvalue weighted by molar-refractivity contribution is 7.99. The lowest BCUT2D eigenvalue weighted by atomic mass is 10.2. The van der Waals surface area contributed by atoms with Crippen molar-refractivity contribution in [1.82, 2.24) is 14.8 Å². The van der Waals surface area contributed by atoms with Gasteiger partial charge in [-0.1, -0.05) is 53.7 Å². The van der Waals surface area contributed by atoms with Crippen LogP contribution in [0.2, 0.25) is 5.02 Å². The summed E-state index contributed by atoms with van der Waals surface area (Å²) in [4.78, 5) is 12.3. The van der Waals surface area contributed by atoms with E-state index in [0.717, 1.165) is 11.3 Å². The third-order valence-corrected chi connectivity index (χ3v) is 5.44. The summed E-state index contributed by atoms with van der Waals surface area (Å²) in [7, 11) is 0. The van der Waals surface area contributed by atoms with Gasteiger partial charge in [0.05, 0.1) is 23.6 Å². The number of halogens is 2. The average molecular weight is 443 g/mol. The van der Waals surface area contributed by atoms with Gasteiger partial charge >= 0.3 is 0 Å². The van der Waals surface area contributed by atoms with Crippen LogP contribution in [-0.4, -0.2) is 26.4 Å². The van der Waals surface area contributed by atoms with Crippen LogP contribution < -0.4 is 5.32 Å². The van der Waals surface area contributed by atoms with Gasteiger partial charge in [-0.15, -0.1) is 10.2 Å². The number of aromatic nitrogens is 3. The molecule has 2 aromatic carbocycles. The number of rotatable bonds is 7. The van der Waals surface area contributed by atoms with Crippen molar-refractivity contribution in [2.24, 2.45) is 0 Å². The van der Waals surface area contributed by atoms with Crippen molar-refractivity contribution in [3.63, 3.8) is 0 Å². The maximum absolute atomic E-state index is 13.3. The Labute approximate surface area is 181 Å². The third kappa shape index (κ3) is 4.72. The second kappa shape index (κ2) is 9.15. The van der Waals surface area contributed by atoms with Crippen LogP contribution in [0.25, 0.3) is 11.4 Å². The van der Waals surface area contributed by atoms with Gasteiger partial charge in [-0.25, -0.2) is 4.39 Å². The number of hydrogen-bond donors (Lipinski definition) is 1. The van der Waals surface area contributed by atoms with E-state index in [2.05, 4.69) is 15.5 Å². The molecule has 0 atom stereocenters. The predicted octanol–water partition coefficient (Wildman–Crippen LogP) is 5.11. The molecule has 0 aliphatic carbocycles. The molecule has 2 aromatic heterocycles. The minimum absolute atomic E-state index is 0.0499. The lowest BCUT2D eigenvalue weighted by Crippen LogP contribution is -2.15. The van der Waals surface area contributed by atoms with Crippen molar-refractivity contribution in [3.05, 3.63) is 83.5 Å². The van der Waals surface area contributed by atoms with E-state index >= 15 is 0 Å². The van der Waals surface area contributed by atoms with Crippen LogP contribution >= 0.6 is 23.4 Å². The first-order chi connectivity index (χ1) is 14.6. The molecule has 0 spiro atoms. The lowest BCUT2D eigenvalue weighted by molar-refractivity contribution is -0.113. The van der Waals surface area contributed by atoms with E-state index in [-0.39, 0.29) is 16.7 Å². The standard InChI is InChI=1S/C21H16ClFN4O2S/c22-17-11-15(8-9-18(17)23)24-19(28)13-30-21-26-25-20(14-5-2-1-3-6-14)27(21)12-16-7-4-10-29-16/h1-11H,12-13H2,(H,24,28). The van der Waals surface area contributed by atoms with Gasteiger partial charge < -0.3 is 9.73 Å². The molecule has 0 saturated carbocycles. The van der Waals surface area contributed by atoms with Crippen molar-refractivity contribution in [1.29, 1.82) is 0 Å². The maximum atomic E-state index is 13.3. The average Bonchev–Trinajstić information content (AvgIpc) is 3.40. The topological polar surface area (TPSA) is 73.0 Å². The quantitative estimate of drug-likeness (QED) is 0.402. The Morgan fingerprint density at radius 2 is 1.97 bits per heavy atom. The summed E-state index contributed by atoms with van der Waals surface area (Å²) >= 11 is 7.01. The van der Waals surface area contributed by atoms with E-state index in [0.29, 0.717) is 23.2 Å². The third-order valence-electron chi connectivity index (χ3n) is 4.18. The summed E-state index contributed by atoms with van der Waals surface area (Å²) < 4.78 is 20.6. The van der Waals surface area contributed by atoms with Crippen LogP contribution in [-0.2, 0) is 11.3 Å². The van der Waals surface area contributed by atoms with Gasteiger partial charge in [0.25, 0.3) is 0 Å². The summed E-state index contributed by atoms with van der Waals surface area (Å²) in [5.74, 6) is 0.722. The molecule has 0 unspecified atom stereocenters. The van der Waals surface area contributed by atoms with Crippen molar-refractivity contribution in [2.75, 3.05) is 11.1 Å². The SMILES string of the molecule is O=C(CSc1nnc(-c2ccccc2)n1Cc1ccco1)Nc1ccc(F)c(Cl)c1. The Balaban J connectivity index is 1.51. The molecule has 6 nitrogen and oxygen atoms in total. The first-order valence-corrected chi connectivity index (χ1v) is 10.4. The molecule has 0 radical (unpaired) electrons. The Morgan fingerprint density at radius 1 is 1.13 bits per heavy atom.